The molecule has 1 heterocycles. The van der Waals surface area contributed by atoms with Gasteiger partial charge in [0.2, 0.25) is 0 Å². The SMILES string of the molecule is CSc1nc2ccc(C)cc2nc1SC. The summed E-state index contributed by atoms with van der Waals surface area (Å²) in [4.78, 5) is 9.19. The summed E-state index contributed by atoms with van der Waals surface area (Å²) in [6, 6.07) is 6.17. The van der Waals surface area contributed by atoms with Crippen LogP contribution in [0.25, 0.3) is 11.0 Å². The molecule has 0 saturated carbocycles. The number of hydrogen-bond acceptors (Lipinski definition) is 4. The van der Waals surface area contributed by atoms with Crippen LogP contribution < -0.4 is 0 Å². The first-order chi connectivity index (χ1) is 7.24. The number of nitrogens with zero attached hydrogens (tertiary/aromatic N) is 2. The number of aryl methyl sites for hydroxylation is 1. The number of hydrogen-bond donors (Lipinski definition) is 0. The molecule has 1 aromatic carbocycles. The molecule has 0 aliphatic heterocycles. The molecule has 0 amide bonds. The van der Waals surface area contributed by atoms with Crippen LogP contribution in [0.3, 0.4) is 0 Å². The third kappa shape index (κ3) is 2.11. The van der Waals surface area contributed by atoms with Crippen molar-refractivity contribution in [3.63, 3.8) is 0 Å². The molecule has 2 rings (SSSR count). The van der Waals surface area contributed by atoms with E-state index >= 15 is 0 Å². The first-order valence-corrected chi connectivity index (χ1v) is 7.06. The van der Waals surface area contributed by atoms with E-state index in [4.69, 9.17) is 0 Å². The van der Waals surface area contributed by atoms with E-state index in [9.17, 15) is 0 Å². The van der Waals surface area contributed by atoms with Gasteiger partial charge in [-0.1, -0.05) is 6.07 Å². The van der Waals surface area contributed by atoms with Gasteiger partial charge in [-0.15, -0.1) is 23.5 Å². The molecule has 15 heavy (non-hydrogen) atoms. The molecule has 0 N–H and O–H groups in total. The molecular weight excluding hydrogens is 224 g/mol. The summed E-state index contributed by atoms with van der Waals surface area (Å²) in [7, 11) is 0. The van der Waals surface area contributed by atoms with Crippen LogP contribution in [0.1, 0.15) is 5.56 Å². The molecule has 0 atom stereocenters. The first-order valence-electron chi connectivity index (χ1n) is 4.61. The molecule has 0 radical (unpaired) electrons. The average Bonchev–Trinajstić information content (AvgIpc) is 2.27. The molecule has 0 aliphatic rings. The fourth-order valence-corrected chi connectivity index (χ4v) is 2.72. The highest BCUT2D eigenvalue weighted by atomic mass is 32.2. The van der Waals surface area contributed by atoms with Crippen LogP contribution in [0.5, 0.6) is 0 Å². The number of thioether (sulfide) groups is 2. The fraction of sp³-hybridized carbons (Fsp3) is 0.273. The van der Waals surface area contributed by atoms with E-state index in [2.05, 4.69) is 29.0 Å². The van der Waals surface area contributed by atoms with Crippen LogP contribution in [0.2, 0.25) is 0 Å². The predicted molar refractivity (Wildman–Crippen MR) is 67.8 cm³/mol. The quantitative estimate of drug-likeness (QED) is 0.747. The van der Waals surface area contributed by atoms with E-state index < -0.39 is 0 Å². The van der Waals surface area contributed by atoms with Gasteiger partial charge in [0.15, 0.2) is 0 Å². The zero-order valence-corrected chi connectivity index (χ0v) is 10.6. The van der Waals surface area contributed by atoms with E-state index in [1.54, 1.807) is 23.5 Å². The van der Waals surface area contributed by atoms with Gasteiger partial charge in [-0.25, -0.2) is 9.97 Å². The van der Waals surface area contributed by atoms with Crippen LogP contribution in [0, 0.1) is 6.92 Å². The maximum absolute atomic E-state index is 4.60. The Labute approximate surface area is 97.9 Å². The minimum Gasteiger partial charge on any atom is -0.237 e. The average molecular weight is 236 g/mol. The summed E-state index contributed by atoms with van der Waals surface area (Å²) in [6.45, 7) is 2.07. The third-order valence-corrected chi connectivity index (χ3v) is 3.62. The van der Waals surface area contributed by atoms with Gasteiger partial charge >= 0.3 is 0 Å². The van der Waals surface area contributed by atoms with Crippen molar-refractivity contribution in [1.82, 2.24) is 9.97 Å². The zero-order valence-electron chi connectivity index (χ0n) is 8.94. The maximum atomic E-state index is 4.60. The monoisotopic (exact) mass is 236 g/mol. The van der Waals surface area contributed by atoms with Crippen molar-refractivity contribution in [3.8, 4) is 0 Å². The molecule has 0 spiro atoms. The fourth-order valence-electron chi connectivity index (χ4n) is 1.40. The molecule has 0 aliphatic carbocycles. The summed E-state index contributed by atoms with van der Waals surface area (Å²) in [5.74, 6) is 0. The summed E-state index contributed by atoms with van der Waals surface area (Å²) in [5.41, 5.74) is 3.18. The normalized spacial score (nSPS) is 10.9. The van der Waals surface area contributed by atoms with Gasteiger partial charge in [-0.05, 0) is 37.1 Å². The Morgan fingerprint density at radius 3 is 2.13 bits per heavy atom. The van der Waals surface area contributed by atoms with Crippen molar-refractivity contribution in [2.24, 2.45) is 0 Å². The number of aromatic nitrogens is 2. The van der Waals surface area contributed by atoms with Gasteiger partial charge in [0, 0.05) is 0 Å². The molecule has 4 heteroatoms. The van der Waals surface area contributed by atoms with Gasteiger partial charge in [-0.2, -0.15) is 0 Å². The van der Waals surface area contributed by atoms with E-state index in [0.717, 1.165) is 21.1 Å². The molecule has 0 saturated heterocycles. The molecule has 2 nitrogen and oxygen atoms in total. The van der Waals surface area contributed by atoms with Gasteiger partial charge < -0.3 is 0 Å². The summed E-state index contributed by atoms with van der Waals surface area (Å²) >= 11 is 3.29. The lowest BCUT2D eigenvalue weighted by molar-refractivity contribution is 0.973. The largest absolute Gasteiger partial charge is 0.237 e. The predicted octanol–water partition coefficient (Wildman–Crippen LogP) is 3.38. The van der Waals surface area contributed by atoms with E-state index in [0.29, 0.717) is 0 Å². The van der Waals surface area contributed by atoms with Crippen LogP contribution in [-0.4, -0.2) is 22.5 Å². The Hall–Kier alpha value is -0.740. The third-order valence-electron chi connectivity index (χ3n) is 2.14. The highest BCUT2D eigenvalue weighted by Gasteiger charge is 2.06. The number of benzene rings is 1. The lowest BCUT2D eigenvalue weighted by Crippen LogP contribution is -1.91. The minimum absolute atomic E-state index is 0.975. The Kier molecular flexibility index (Phi) is 3.17. The van der Waals surface area contributed by atoms with Crippen molar-refractivity contribution in [2.45, 2.75) is 17.0 Å². The van der Waals surface area contributed by atoms with Crippen molar-refractivity contribution >= 4 is 34.6 Å². The van der Waals surface area contributed by atoms with Gasteiger partial charge in [0.25, 0.3) is 0 Å². The second-order valence-corrected chi connectivity index (χ2v) is 4.82. The Morgan fingerprint density at radius 1 is 0.933 bits per heavy atom. The van der Waals surface area contributed by atoms with E-state index in [1.165, 1.54) is 5.56 Å². The molecular formula is C11H12N2S2. The highest BCUT2D eigenvalue weighted by molar-refractivity contribution is 8.01. The molecule has 0 fully saturated rings. The van der Waals surface area contributed by atoms with Crippen LogP contribution >= 0.6 is 23.5 Å². The van der Waals surface area contributed by atoms with Crippen molar-refractivity contribution in [2.75, 3.05) is 12.5 Å². The standard InChI is InChI=1S/C11H12N2S2/c1-7-4-5-8-9(6-7)13-11(15-3)10(12-8)14-2/h4-6H,1-3H3. The molecule has 1 aromatic heterocycles. The van der Waals surface area contributed by atoms with E-state index in [-0.39, 0.29) is 0 Å². The summed E-state index contributed by atoms with van der Waals surface area (Å²) < 4.78 is 0. The van der Waals surface area contributed by atoms with Gasteiger partial charge in [-0.3, -0.25) is 0 Å². The number of rotatable bonds is 2. The second kappa shape index (κ2) is 4.41. The first kappa shape index (κ1) is 10.8. The van der Waals surface area contributed by atoms with Gasteiger partial charge in [0.1, 0.15) is 10.1 Å². The van der Waals surface area contributed by atoms with Crippen LogP contribution in [0.15, 0.2) is 28.3 Å². The van der Waals surface area contributed by atoms with Crippen LogP contribution in [0.4, 0.5) is 0 Å². The molecule has 0 bridgehead atoms. The molecule has 0 unspecified atom stereocenters. The van der Waals surface area contributed by atoms with Crippen molar-refractivity contribution in [1.29, 1.82) is 0 Å². The van der Waals surface area contributed by atoms with Crippen molar-refractivity contribution < 1.29 is 0 Å². The van der Waals surface area contributed by atoms with Gasteiger partial charge in [0.05, 0.1) is 11.0 Å². The Balaban J connectivity index is 2.69. The lowest BCUT2D eigenvalue weighted by Gasteiger charge is -2.05. The topological polar surface area (TPSA) is 25.8 Å². The number of fused-ring (bicyclic) bond motifs is 1. The molecule has 2 aromatic rings. The minimum atomic E-state index is 0.975. The van der Waals surface area contributed by atoms with Crippen molar-refractivity contribution in [3.05, 3.63) is 23.8 Å². The maximum Gasteiger partial charge on any atom is 0.129 e. The summed E-state index contributed by atoms with van der Waals surface area (Å²) in [5, 5.41) is 2.03. The zero-order chi connectivity index (χ0) is 10.8. The Morgan fingerprint density at radius 2 is 1.53 bits per heavy atom. The lowest BCUT2D eigenvalue weighted by atomic mass is 10.2. The summed E-state index contributed by atoms with van der Waals surface area (Å²) in [6.07, 6.45) is 4.06. The molecule has 78 valence electrons. The highest BCUT2D eigenvalue weighted by Crippen LogP contribution is 2.26. The van der Waals surface area contributed by atoms with E-state index in [1.807, 2.05) is 18.6 Å². The second-order valence-electron chi connectivity index (χ2n) is 3.23. The smallest absolute Gasteiger partial charge is 0.129 e. The Bertz CT molecular complexity index is 497. The van der Waals surface area contributed by atoms with Crippen LogP contribution in [-0.2, 0) is 0 Å².